The predicted octanol–water partition coefficient (Wildman–Crippen LogP) is 4.07. The molecule has 2 bridgehead atoms. The van der Waals surface area contributed by atoms with Gasteiger partial charge in [-0.1, -0.05) is 12.1 Å². The van der Waals surface area contributed by atoms with E-state index in [-0.39, 0.29) is 30.7 Å². The molecule has 2 aliphatic heterocycles. The van der Waals surface area contributed by atoms with E-state index in [9.17, 15) is 13.6 Å². The number of anilines is 1. The first-order chi connectivity index (χ1) is 15.6. The highest BCUT2D eigenvalue weighted by atomic mass is 19.3. The van der Waals surface area contributed by atoms with Crippen LogP contribution < -0.4 is 10.6 Å². The normalized spacial score (nSPS) is 22.5. The van der Waals surface area contributed by atoms with Gasteiger partial charge in [0.1, 0.15) is 5.82 Å². The van der Waals surface area contributed by atoms with Gasteiger partial charge in [-0.05, 0) is 43.2 Å². The molecule has 2 aromatic heterocycles. The van der Waals surface area contributed by atoms with E-state index >= 15 is 0 Å². The van der Waals surface area contributed by atoms with Gasteiger partial charge in [-0.3, -0.25) is 15.3 Å². The quantitative estimate of drug-likeness (QED) is 0.627. The summed E-state index contributed by atoms with van der Waals surface area (Å²) in [6.45, 7) is -0.298. The number of aromatic nitrogens is 3. The summed E-state index contributed by atoms with van der Waals surface area (Å²) < 4.78 is 25.1. The van der Waals surface area contributed by atoms with Crippen LogP contribution in [0.2, 0.25) is 0 Å². The van der Waals surface area contributed by atoms with Crippen molar-refractivity contribution in [3.63, 3.8) is 0 Å². The minimum absolute atomic E-state index is 0.0313. The van der Waals surface area contributed by atoms with Crippen molar-refractivity contribution in [1.82, 2.24) is 25.2 Å². The Labute approximate surface area is 184 Å². The number of carbonyl (C=O) groups is 1. The van der Waals surface area contributed by atoms with E-state index in [2.05, 4.69) is 25.6 Å². The average molecular weight is 438 g/mol. The molecule has 1 unspecified atom stereocenters. The van der Waals surface area contributed by atoms with Crippen LogP contribution in [0.5, 0.6) is 0 Å². The maximum atomic E-state index is 13.0. The fourth-order valence-electron chi connectivity index (χ4n) is 4.92. The molecule has 2 amide bonds. The fraction of sp³-hybridized carbons (Fsp3) is 0.391. The summed E-state index contributed by atoms with van der Waals surface area (Å²) in [7, 11) is 0. The highest BCUT2D eigenvalue weighted by Crippen LogP contribution is 2.36. The van der Waals surface area contributed by atoms with Crippen molar-refractivity contribution < 1.29 is 13.6 Å². The number of urea groups is 1. The van der Waals surface area contributed by atoms with Crippen LogP contribution in [0.3, 0.4) is 0 Å². The summed E-state index contributed by atoms with van der Waals surface area (Å²) >= 11 is 0. The number of benzene rings is 1. The van der Waals surface area contributed by atoms with Gasteiger partial charge in [-0.25, -0.2) is 18.6 Å². The van der Waals surface area contributed by atoms with Crippen molar-refractivity contribution in [2.75, 3.05) is 11.9 Å². The largest absolute Gasteiger partial charge is 0.323 e. The number of alkyl halides is 2. The zero-order valence-corrected chi connectivity index (χ0v) is 17.4. The number of pyridine rings is 1. The van der Waals surface area contributed by atoms with Gasteiger partial charge in [0.2, 0.25) is 0 Å². The summed E-state index contributed by atoms with van der Waals surface area (Å²) in [5, 5.41) is 7.78. The van der Waals surface area contributed by atoms with Gasteiger partial charge in [0, 0.05) is 47.7 Å². The van der Waals surface area contributed by atoms with Crippen LogP contribution in [0, 0.1) is 0 Å². The smallest absolute Gasteiger partial charge is 0.318 e. The molecule has 0 aliphatic carbocycles. The molecule has 2 aliphatic rings. The Morgan fingerprint density at radius 2 is 1.88 bits per heavy atom. The summed E-state index contributed by atoms with van der Waals surface area (Å²) in [4.78, 5) is 27.8. The lowest BCUT2D eigenvalue weighted by Gasteiger charge is -2.39. The zero-order chi connectivity index (χ0) is 22.1. The van der Waals surface area contributed by atoms with Crippen molar-refractivity contribution in [2.24, 2.45) is 0 Å². The monoisotopic (exact) mass is 438 g/mol. The minimum Gasteiger partial charge on any atom is -0.318 e. The molecule has 0 spiro atoms. The van der Waals surface area contributed by atoms with E-state index in [1.807, 2.05) is 29.2 Å². The van der Waals surface area contributed by atoms with E-state index in [0.717, 1.165) is 34.9 Å². The first-order valence-corrected chi connectivity index (χ1v) is 10.8. The number of nitrogens with one attached hydrogen (secondary N) is 2. The number of piperidine rings is 1. The molecular formula is C23H24F2N6O. The molecule has 2 fully saturated rings. The third-order valence-corrected chi connectivity index (χ3v) is 6.34. The molecule has 3 atom stereocenters. The van der Waals surface area contributed by atoms with Gasteiger partial charge in [0.25, 0.3) is 6.43 Å². The second kappa shape index (κ2) is 8.74. The molecule has 166 valence electrons. The second-order valence-corrected chi connectivity index (χ2v) is 8.41. The standard InChI is InChI=1S/C23H24F2N6O/c24-21(25)13-28-17-9-18-3-4-19(10-17)31(18)23(32)30-22-8-16-7-14(1-2-15(16)11-29-22)20-12-26-5-6-27-20/h1-2,5-8,11-12,17-19,21,28H,3-4,9-10,13H2,(H,29,30,32)/t17?,18-,19+. The van der Waals surface area contributed by atoms with Crippen LogP contribution in [0.25, 0.3) is 22.0 Å². The lowest BCUT2D eigenvalue weighted by atomic mass is 9.97. The van der Waals surface area contributed by atoms with Crippen molar-refractivity contribution in [2.45, 2.75) is 50.2 Å². The van der Waals surface area contributed by atoms with Gasteiger partial charge >= 0.3 is 6.03 Å². The Morgan fingerprint density at radius 3 is 2.59 bits per heavy atom. The summed E-state index contributed by atoms with van der Waals surface area (Å²) in [6, 6.07) is 7.77. The topological polar surface area (TPSA) is 83.0 Å². The van der Waals surface area contributed by atoms with Crippen molar-refractivity contribution in [1.29, 1.82) is 0 Å². The molecule has 0 radical (unpaired) electrons. The van der Waals surface area contributed by atoms with E-state index < -0.39 is 6.43 Å². The van der Waals surface area contributed by atoms with E-state index in [4.69, 9.17) is 0 Å². The van der Waals surface area contributed by atoms with Crippen LogP contribution in [0.15, 0.2) is 49.1 Å². The van der Waals surface area contributed by atoms with Gasteiger partial charge in [-0.15, -0.1) is 0 Å². The van der Waals surface area contributed by atoms with Gasteiger partial charge in [0.15, 0.2) is 0 Å². The number of amides is 2. The number of nitrogens with zero attached hydrogens (tertiary/aromatic N) is 4. The maximum Gasteiger partial charge on any atom is 0.323 e. The number of hydrogen-bond donors (Lipinski definition) is 2. The highest BCUT2D eigenvalue weighted by Gasteiger charge is 2.43. The Bertz CT molecular complexity index is 1100. The summed E-state index contributed by atoms with van der Waals surface area (Å²) in [6.07, 6.45) is 7.57. The number of fused-ring (bicyclic) bond motifs is 3. The maximum absolute atomic E-state index is 13.0. The molecule has 7 nitrogen and oxygen atoms in total. The molecule has 4 heterocycles. The predicted molar refractivity (Wildman–Crippen MR) is 117 cm³/mol. The first kappa shape index (κ1) is 20.7. The van der Waals surface area contributed by atoms with Gasteiger partial charge < -0.3 is 10.2 Å². The van der Waals surface area contributed by atoms with E-state index in [0.29, 0.717) is 18.7 Å². The van der Waals surface area contributed by atoms with Crippen LogP contribution in [0.4, 0.5) is 19.4 Å². The van der Waals surface area contributed by atoms with Crippen LogP contribution in [-0.2, 0) is 0 Å². The summed E-state index contributed by atoms with van der Waals surface area (Å²) in [5.74, 6) is 0.483. The lowest BCUT2D eigenvalue weighted by Crippen LogP contribution is -2.53. The van der Waals surface area contributed by atoms with Crippen LogP contribution >= 0.6 is 0 Å². The number of carbonyl (C=O) groups excluding carboxylic acids is 1. The van der Waals surface area contributed by atoms with Crippen LogP contribution in [-0.4, -0.2) is 57.0 Å². The number of rotatable bonds is 5. The highest BCUT2D eigenvalue weighted by molar-refractivity contribution is 5.93. The molecule has 0 saturated carbocycles. The Balaban J connectivity index is 1.30. The Morgan fingerprint density at radius 1 is 1.06 bits per heavy atom. The molecule has 1 aromatic carbocycles. The lowest BCUT2D eigenvalue weighted by molar-refractivity contribution is 0.115. The van der Waals surface area contributed by atoms with Crippen molar-refractivity contribution in [3.8, 4) is 11.3 Å². The zero-order valence-electron chi connectivity index (χ0n) is 17.4. The Hall–Kier alpha value is -3.20. The molecular weight excluding hydrogens is 414 g/mol. The van der Waals surface area contributed by atoms with E-state index in [1.54, 1.807) is 24.8 Å². The SMILES string of the molecule is O=C(Nc1cc2cc(-c3cnccn3)ccc2cn1)N1[C@@H]2CC[C@H]1CC(NCC(F)F)C2. The molecule has 2 saturated heterocycles. The van der Waals surface area contributed by atoms with Crippen molar-refractivity contribution >= 4 is 22.6 Å². The number of halogens is 2. The molecule has 9 heteroatoms. The van der Waals surface area contributed by atoms with E-state index in [1.165, 1.54) is 0 Å². The van der Waals surface area contributed by atoms with Gasteiger partial charge in [0.05, 0.1) is 18.4 Å². The van der Waals surface area contributed by atoms with Crippen LogP contribution in [0.1, 0.15) is 25.7 Å². The Kier molecular flexibility index (Phi) is 5.65. The third-order valence-electron chi connectivity index (χ3n) is 6.34. The minimum atomic E-state index is -2.36. The van der Waals surface area contributed by atoms with Crippen molar-refractivity contribution in [3.05, 3.63) is 49.1 Å². The molecule has 32 heavy (non-hydrogen) atoms. The fourth-order valence-corrected chi connectivity index (χ4v) is 4.92. The molecule has 2 N–H and O–H groups in total. The first-order valence-electron chi connectivity index (χ1n) is 10.8. The average Bonchev–Trinajstić information content (AvgIpc) is 3.08. The number of hydrogen-bond acceptors (Lipinski definition) is 5. The van der Waals surface area contributed by atoms with Gasteiger partial charge in [-0.2, -0.15) is 0 Å². The molecule has 3 aromatic rings. The molecule has 5 rings (SSSR count). The second-order valence-electron chi connectivity index (χ2n) is 8.41. The summed E-state index contributed by atoms with van der Waals surface area (Å²) in [5.41, 5.74) is 1.71. The third kappa shape index (κ3) is 4.25.